The van der Waals surface area contributed by atoms with E-state index < -0.39 is 5.60 Å². The summed E-state index contributed by atoms with van der Waals surface area (Å²) < 4.78 is 0. The summed E-state index contributed by atoms with van der Waals surface area (Å²) >= 11 is 0. The molecule has 0 spiro atoms. The third kappa shape index (κ3) is 6.13. The van der Waals surface area contributed by atoms with Gasteiger partial charge in [-0.1, -0.05) is 94.0 Å². The fourth-order valence-corrected chi connectivity index (χ4v) is 3.24. The third-order valence-corrected chi connectivity index (χ3v) is 4.87. The van der Waals surface area contributed by atoms with Crippen molar-refractivity contribution in [3.05, 3.63) is 71.8 Å². The third-order valence-electron chi connectivity index (χ3n) is 4.87. The van der Waals surface area contributed by atoms with Crippen LogP contribution >= 0.6 is 0 Å². The van der Waals surface area contributed by atoms with E-state index in [1.54, 1.807) is 0 Å². The molecule has 0 heterocycles. The molecule has 0 saturated carbocycles. The lowest BCUT2D eigenvalue weighted by atomic mass is 9.75. The molecule has 0 aliphatic heterocycles. The molecule has 0 aromatic heterocycles. The van der Waals surface area contributed by atoms with Crippen molar-refractivity contribution in [1.82, 2.24) is 0 Å². The summed E-state index contributed by atoms with van der Waals surface area (Å²) in [7, 11) is 0. The van der Waals surface area contributed by atoms with E-state index in [4.69, 9.17) is 0 Å². The van der Waals surface area contributed by atoms with Gasteiger partial charge < -0.3 is 5.11 Å². The maximum absolute atomic E-state index is 11.1. The van der Waals surface area contributed by atoms with Crippen molar-refractivity contribution in [2.75, 3.05) is 0 Å². The van der Waals surface area contributed by atoms with Gasteiger partial charge in [-0.3, -0.25) is 0 Å². The number of hydrogen-bond donors (Lipinski definition) is 1. The number of aliphatic hydroxyl groups is 1. The number of benzene rings is 1. The molecular formula is C23H34O. The van der Waals surface area contributed by atoms with Crippen LogP contribution in [0.3, 0.4) is 0 Å². The Morgan fingerprint density at radius 1 is 1.00 bits per heavy atom. The van der Waals surface area contributed by atoms with Crippen molar-refractivity contribution in [2.45, 2.75) is 65.4 Å². The van der Waals surface area contributed by atoms with Gasteiger partial charge >= 0.3 is 0 Å². The molecular weight excluding hydrogens is 292 g/mol. The number of rotatable bonds is 7. The van der Waals surface area contributed by atoms with Gasteiger partial charge in [-0.15, -0.1) is 0 Å². The van der Waals surface area contributed by atoms with Crippen molar-refractivity contribution in [1.29, 1.82) is 0 Å². The van der Waals surface area contributed by atoms with E-state index in [0.29, 0.717) is 0 Å². The molecule has 1 atom stereocenters. The normalized spacial score (nSPS) is 15.1. The minimum absolute atomic E-state index is 0.249. The van der Waals surface area contributed by atoms with Crippen molar-refractivity contribution in [2.24, 2.45) is 5.92 Å². The maximum Gasteiger partial charge on any atom is 0.0676 e. The Kier molecular flexibility index (Phi) is 9.41. The maximum atomic E-state index is 11.1. The molecule has 1 aromatic rings. The highest BCUT2D eigenvalue weighted by atomic mass is 16.3. The Labute approximate surface area is 148 Å². The van der Waals surface area contributed by atoms with E-state index in [1.807, 2.05) is 19.9 Å². The summed E-state index contributed by atoms with van der Waals surface area (Å²) in [5.41, 5.74) is 2.06. The molecule has 0 fully saturated rings. The van der Waals surface area contributed by atoms with E-state index in [0.717, 1.165) is 32.1 Å². The molecule has 24 heavy (non-hydrogen) atoms. The summed E-state index contributed by atoms with van der Waals surface area (Å²) in [6.45, 7) is 8.20. The van der Waals surface area contributed by atoms with Crippen LogP contribution in [-0.2, 0) is 6.42 Å². The highest BCUT2D eigenvalue weighted by molar-refractivity contribution is 5.28. The standard InChI is InChI=1S/C21H28O.C2H6/c1-3-21(22,4-2)20(17-19-14-10-7-11-15-19)16-18-12-8-5-6-9-13-18;1-2/h5-8,10-15,20,22H,3-4,9,16-17H2,1-2H3;1-2H3. The fraction of sp³-hybridized carbons (Fsp3) is 0.478. The van der Waals surface area contributed by atoms with E-state index >= 15 is 0 Å². The van der Waals surface area contributed by atoms with Crippen LogP contribution < -0.4 is 0 Å². The molecule has 0 amide bonds. The lowest BCUT2D eigenvalue weighted by Gasteiger charge is -2.35. The van der Waals surface area contributed by atoms with Crippen LogP contribution in [0, 0.1) is 5.92 Å². The zero-order valence-electron chi connectivity index (χ0n) is 15.8. The average molecular weight is 327 g/mol. The van der Waals surface area contributed by atoms with E-state index in [9.17, 15) is 5.11 Å². The van der Waals surface area contributed by atoms with Crippen LogP contribution in [0.5, 0.6) is 0 Å². The van der Waals surface area contributed by atoms with Crippen LogP contribution in [-0.4, -0.2) is 10.7 Å². The Morgan fingerprint density at radius 3 is 2.29 bits per heavy atom. The first-order valence-electron chi connectivity index (χ1n) is 9.46. The minimum atomic E-state index is -0.593. The SMILES string of the molecule is CC.CCC(O)(CC)C(CC1=CCC=CC=C1)Cc1ccccc1. The second-order valence-electron chi connectivity index (χ2n) is 6.20. The summed E-state index contributed by atoms with van der Waals surface area (Å²) in [5, 5.41) is 11.1. The first kappa shape index (κ1) is 20.4. The molecule has 1 unspecified atom stereocenters. The topological polar surface area (TPSA) is 20.2 Å². The summed E-state index contributed by atoms with van der Waals surface area (Å²) in [6, 6.07) is 10.5. The lowest BCUT2D eigenvalue weighted by Crippen LogP contribution is -2.38. The molecule has 1 aliphatic rings. The Morgan fingerprint density at radius 2 is 1.67 bits per heavy atom. The van der Waals surface area contributed by atoms with Crippen molar-refractivity contribution < 1.29 is 5.11 Å². The largest absolute Gasteiger partial charge is 0.390 e. The number of allylic oxidation sites excluding steroid dienone is 6. The van der Waals surface area contributed by atoms with Crippen molar-refractivity contribution in [3.8, 4) is 0 Å². The molecule has 0 saturated heterocycles. The predicted octanol–water partition coefficient (Wildman–Crippen LogP) is 6.26. The monoisotopic (exact) mass is 326 g/mol. The lowest BCUT2D eigenvalue weighted by molar-refractivity contribution is -0.0256. The van der Waals surface area contributed by atoms with Gasteiger partial charge in [0, 0.05) is 0 Å². The Hall–Kier alpha value is -1.60. The van der Waals surface area contributed by atoms with Crippen molar-refractivity contribution in [3.63, 3.8) is 0 Å². The second kappa shape index (κ2) is 11.0. The zero-order valence-corrected chi connectivity index (χ0v) is 15.8. The molecule has 1 nitrogen and oxygen atoms in total. The first-order chi connectivity index (χ1) is 11.7. The van der Waals surface area contributed by atoms with Gasteiger partial charge in [0.1, 0.15) is 0 Å². The Balaban J connectivity index is 0.00000139. The summed E-state index contributed by atoms with van der Waals surface area (Å²) in [6.07, 6.45) is 15.3. The van der Waals surface area contributed by atoms with Gasteiger partial charge in [-0.25, -0.2) is 0 Å². The average Bonchev–Trinajstić information content (AvgIpc) is 2.92. The molecule has 132 valence electrons. The molecule has 1 heteroatoms. The minimum Gasteiger partial charge on any atom is -0.390 e. The summed E-state index contributed by atoms with van der Waals surface area (Å²) in [4.78, 5) is 0. The van der Waals surface area contributed by atoms with Crippen LogP contribution in [0.2, 0.25) is 0 Å². The van der Waals surface area contributed by atoms with Gasteiger partial charge in [0.2, 0.25) is 0 Å². The quantitative estimate of drug-likeness (QED) is 0.627. The molecule has 0 radical (unpaired) electrons. The van der Waals surface area contributed by atoms with E-state index in [2.05, 4.69) is 68.5 Å². The first-order valence-corrected chi connectivity index (χ1v) is 9.46. The number of hydrogen-bond acceptors (Lipinski definition) is 1. The molecule has 1 N–H and O–H groups in total. The highest BCUT2D eigenvalue weighted by Gasteiger charge is 2.33. The summed E-state index contributed by atoms with van der Waals surface area (Å²) in [5.74, 6) is 0.249. The predicted molar refractivity (Wildman–Crippen MR) is 106 cm³/mol. The van der Waals surface area contributed by atoms with Gasteiger partial charge in [0.05, 0.1) is 5.60 Å². The fourth-order valence-electron chi connectivity index (χ4n) is 3.24. The molecule has 0 bridgehead atoms. The molecule has 1 aromatic carbocycles. The van der Waals surface area contributed by atoms with Crippen LogP contribution in [0.4, 0.5) is 0 Å². The van der Waals surface area contributed by atoms with Gasteiger partial charge in [0.25, 0.3) is 0 Å². The Bertz CT molecular complexity index is 532. The van der Waals surface area contributed by atoms with Crippen LogP contribution in [0.25, 0.3) is 0 Å². The second-order valence-corrected chi connectivity index (χ2v) is 6.20. The van der Waals surface area contributed by atoms with E-state index in [-0.39, 0.29) is 5.92 Å². The van der Waals surface area contributed by atoms with Crippen LogP contribution in [0.15, 0.2) is 66.3 Å². The van der Waals surface area contributed by atoms with Gasteiger partial charge in [-0.2, -0.15) is 0 Å². The smallest absolute Gasteiger partial charge is 0.0676 e. The van der Waals surface area contributed by atoms with Gasteiger partial charge in [-0.05, 0) is 43.6 Å². The molecule has 1 aliphatic carbocycles. The van der Waals surface area contributed by atoms with E-state index in [1.165, 1.54) is 11.1 Å². The zero-order chi connectivity index (χ0) is 17.8. The van der Waals surface area contributed by atoms with Crippen molar-refractivity contribution >= 4 is 0 Å². The van der Waals surface area contributed by atoms with Crippen LogP contribution in [0.1, 0.15) is 58.9 Å². The van der Waals surface area contributed by atoms with Gasteiger partial charge in [0.15, 0.2) is 0 Å². The molecule has 2 rings (SSSR count). The highest BCUT2D eigenvalue weighted by Crippen LogP contribution is 2.34.